The number of amides is 1. The third-order valence-corrected chi connectivity index (χ3v) is 4.95. The molecule has 0 unspecified atom stereocenters. The fourth-order valence-corrected chi connectivity index (χ4v) is 3.42. The number of hydrogen-bond acceptors (Lipinski definition) is 5. The summed E-state index contributed by atoms with van der Waals surface area (Å²) < 4.78 is 26.9. The average molecular weight is 501 g/mol. The van der Waals surface area contributed by atoms with E-state index < -0.39 is 17.5 Å². The molecule has 0 aliphatic carbocycles. The van der Waals surface area contributed by atoms with E-state index in [1.807, 2.05) is 43.4 Å². The lowest BCUT2D eigenvalue weighted by molar-refractivity contribution is -0.234. The van der Waals surface area contributed by atoms with Gasteiger partial charge in [0, 0.05) is 29.4 Å². The predicted molar refractivity (Wildman–Crippen MR) is 115 cm³/mol. The molecule has 0 saturated carbocycles. The number of ether oxygens (including phenoxy) is 2. The summed E-state index contributed by atoms with van der Waals surface area (Å²) in [7, 11) is 0. The second-order valence-electron chi connectivity index (χ2n) is 6.10. The van der Waals surface area contributed by atoms with Crippen molar-refractivity contribution in [3.05, 3.63) is 51.1 Å². The molecule has 1 amide bonds. The van der Waals surface area contributed by atoms with E-state index in [9.17, 15) is 9.18 Å². The highest BCUT2D eigenvalue weighted by Crippen LogP contribution is 2.31. The molecule has 3 N–H and O–H groups in total. The molecule has 0 bridgehead atoms. The molecule has 0 atom stereocenters. The van der Waals surface area contributed by atoms with Crippen LogP contribution in [0.1, 0.15) is 43.2 Å². The number of benzene rings is 1. The molecule has 6 nitrogen and oxygen atoms in total. The third kappa shape index (κ3) is 5.39. The van der Waals surface area contributed by atoms with Gasteiger partial charge in [0.2, 0.25) is 0 Å². The normalized spacial score (nSPS) is 11.5. The first-order chi connectivity index (χ1) is 13.4. The maximum absolute atomic E-state index is 14.4. The molecular formula is C20H25FIN3O3. The predicted octanol–water partition coefficient (Wildman–Crippen LogP) is 4.39. The Morgan fingerprint density at radius 2 is 1.93 bits per heavy atom. The topological polar surface area (TPSA) is 86.5 Å². The zero-order chi connectivity index (χ0) is 20.7. The van der Waals surface area contributed by atoms with Crippen LogP contribution in [-0.4, -0.2) is 29.9 Å². The highest BCUT2D eigenvalue weighted by molar-refractivity contribution is 14.1. The average Bonchev–Trinajstić information content (AvgIpc) is 2.65. The number of pyridine rings is 1. The van der Waals surface area contributed by atoms with Gasteiger partial charge in [-0.15, -0.1) is 0 Å². The Morgan fingerprint density at radius 3 is 2.46 bits per heavy atom. The first kappa shape index (κ1) is 22.5. The summed E-state index contributed by atoms with van der Waals surface area (Å²) in [4.78, 5) is 16.4. The van der Waals surface area contributed by atoms with Crippen molar-refractivity contribution in [2.24, 2.45) is 5.73 Å². The van der Waals surface area contributed by atoms with Crippen molar-refractivity contribution in [1.82, 2.24) is 4.98 Å². The summed E-state index contributed by atoms with van der Waals surface area (Å²) in [6.45, 7) is 6.64. The smallest absolute Gasteiger partial charge is 0.250 e. The first-order valence-electron chi connectivity index (χ1n) is 9.13. The Bertz CT molecular complexity index is 826. The Kier molecular flexibility index (Phi) is 8.14. The monoisotopic (exact) mass is 501 g/mol. The van der Waals surface area contributed by atoms with Gasteiger partial charge in [0.25, 0.3) is 5.91 Å². The highest BCUT2D eigenvalue weighted by atomic mass is 127. The molecule has 1 aromatic heterocycles. The summed E-state index contributed by atoms with van der Waals surface area (Å²) in [5, 5.41) is 3.00. The van der Waals surface area contributed by atoms with Crippen LogP contribution >= 0.6 is 22.6 Å². The van der Waals surface area contributed by atoms with E-state index in [-0.39, 0.29) is 17.7 Å². The molecule has 0 aliphatic heterocycles. The Morgan fingerprint density at radius 1 is 1.25 bits per heavy atom. The number of halogens is 2. The molecule has 2 rings (SSSR count). The number of nitrogens with two attached hydrogens (primary N) is 1. The number of anilines is 2. The molecule has 0 spiro atoms. The van der Waals surface area contributed by atoms with Crippen LogP contribution in [0.2, 0.25) is 0 Å². The number of hydrogen-bond donors (Lipinski definition) is 2. The molecule has 28 heavy (non-hydrogen) atoms. The van der Waals surface area contributed by atoms with Gasteiger partial charge in [-0.2, -0.15) is 0 Å². The number of rotatable bonds is 10. The van der Waals surface area contributed by atoms with Gasteiger partial charge in [0.1, 0.15) is 5.82 Å². The zero-order valence-electron chi connectivity index (χ0n) is 16.2. The fourth-order valence-electron chi connectivity index (χ4n) is 2.96. The molecule has 2 aromatic rings. The van der Waals surface area contributed by atoms with Crippen LogP contribution in [-0.2, 0) is 15.9 Å². The van der Waals surface area contributed by atoms with E-state index in [0.717, 1.165) is 3.57 Å². The molecule has 0 aliphatic rings. The Hall–Kier alpha value is -1.78. The zero-order valence-corrected chi connectivity index (χ0v) is 18.4. The summed E-state index contributed by atoms with van der Waals surface area (Å²) >= 11 is 2.03. The lowest BCUT2D eigenvalue weighted by atomic mass is 10.0. The highest BCUT2D eigenvalue weighted by Gasteiger charge is 2.32. The number of primary amides is 1. The molecule has 0 fully saturated rings. The van der Waals surface area contributed by atoms with Crippen LogP contribution in [0.15, 0.2) is 30.5 Å². The van der Waals surface area contributed by atoms with Crippen molar-refractivity contribution in [2.75, 3.05) is 18.5 Å². The maximum Gasteiger partial charge on any atom is 0.250 e. The van der Waals surface area contributed by atoms with Gasteiger partial charge in [-0.1, -0.05) is 6.92 Å². The first-order valence-corrected chi connectivity index (χ1v) is 10.2. The van der Waals surface area contributed by atoms with Gasteiger partial charge in [0.05, 0.1) is 22.6 Å². The second-order valence-corrected chi connectivity index (χ2v) is 7.35. The SMILES string of the molecule is CCOC(CC)(Cc1nccc(C(N)=O)c1Nc1ccc(I)cc1F)OCC. The van der Waals surface area contributed by atoms with Crippen LogP contribution in [0.3, 0.4) is 0 Å². The van der Waals surface area contributed by atoms with Crippen LogP contribution in [0.4, 0.5) is 15.8 Å². The molecular weight excluding hydrogens is 476 g/mol. The summed E-state index contributed by atoms with van der Waals surface area (Å²) in [5.74, 6) is -1.96. The van der Waals surface area contributed by atoms with E-state index in [2.05, 4.69) is 10.3 Å². The van der Waals surface area contributed by atoms with E-state index in [1.165, 1.54) is 18.3 Å². The van der Waals surface area contributed by atoms with Gasteiger partial charge in [0.15, 0.2) is 5.79 Å². The van der Waals surface area contributed by atoms with Crippen molar-refractivity contribution in [3.8, 4) is 0 Å². The van der Waals surface area contributed by atoms with Crippen LogP contribution < -0.4 is 11.1 Å². The standard InChI is InChI=1S/C20H25FIN3O3/c1-4-20(27-5-2,28-6-3)12-17-18(14(19(23)26)9-10-24-17)25-16-8-7-13(22)11-15(16)21/h7-11,25H,4-6,12H2,1-3H3,(H2,23,26). The van der Waals surface area contributed by atoms with Crippen molar-refractivity contribution >= 4 is 39.9 Å². The third-order valence-electron chi connectivity index (χ3n) is 4.28. The minimum atomic E-state index is -0.895. The number of carbonyl (C=O) groups excluding carboxylic acids is 1. The van der Waals surface area contributed by atoms with Crippen molar-refractivity contribution in [3.63, 3.8) is 0 Å². The van der Waals surface area contributed by atoms with Gasteiger partial charge in [-0.25, -0.2) is 4.39 Å². The number of nitrogens with zero attached hydrogens (tertiary/aromatic N) is 1. The molecule has 152 valence electrons. The lowest BCUT2D eigenvalue weighted by Crippen LogP contribution is -2.38. The van der Waals surface area contributed by atoms with Crippen molar-refractivity contribution in [1.29, 1.82) is 0 Å². The van der Waals surface area contributed by atoms with Crippen LogP contribution in [0, 0.1) is 9.39 Å². The van der Waals surface area contributed by atoms with Crippen molar-refractivity contribution < 1.29 is 18.7 Å². The van der Waals surface area contributed by atoms with Gasteiger partial charge in [-0.05, 0) is 67.1 Å². The second kappa shape index (κ2) is 10.1. The Balaban J connectivity index is 2.52. The largest absolute Gasteiger partial charge is 0.366 e. The molecule has 8 heteroatoms. The quantitative estimate of drug-likeness (QED) is 0.373. The molecule has 1 heterocycles. The fraction of sp³-hybridized carbons (Fsp3) is 0.400. The van der Waals surface area contributed by atoms with E-state index in [1.54, 1.807) is 12.1 Å². The molecule has 0 saturated heterocycles. The van der Waals surface area contributed by atoms with Gasteiger partial charge < -0.3 is 20.5 Å². The maximum atomic E-state index is 14.4. The van der Waals surface area contributed by atoms with E-state index >= 15 is 0 Å². The molecule has 1 aromatic carbocycles. The van der Waals surface area contributed by atoms with Crippen LogP contribution in [0.5, 0.6) is 0 Å². The summed E-state index contributed by atoms with van der Waals surface area (Å²) in [5.41, 5.74) is 6.87. The van der Waals surface area contributed by atoms with E-state index in [4.69, 9.17) is 15.2 Å². The van der Waals surface area contributed by atoms with Gasteiger partial charge >= 0.3 is 0 Å². The number of nitrogens with one attached hydrogen (secondary N) is 1. The summed E-state index contributed by atoms with van der Waals surface area (Å²) in [6, 6.07) is 6.28. The van der Waals surface area contributed by atoms with Crippen molar-refractivity contribution in [2.45, 2.75) is 39.4 Å². The lowest BCUT2D eigenvalue weighted by Gasteiger charge is -2.32. The molecule has 0 radical (unpaired) electrons. The van der Waals surface area contributed by atoms with E-state index in [0.29, 0.717) is 31.0 Å². The summed E-state index contributed by atoms with van der Waals surface area (Å²) in [6.07, 6.45) is 2.36. The Labute approximate surface area is 178 Å². The minimum absolute atomic E-state index is 0.223. The van der Waals surface area contributed by atoms with Crippen LogP contribution in [0.25, 0.3) is 0 Å². The minimum Gasteiger partial charge on any atom is -0.366 e. The number of carbonyl (C=O) groups is 1. The number of aromatic nitrogens is 1. The van der Waals surface area contributed by atoms with Gasteiger partial charge in [-0.3, -0.25) is 9.78 Å².